The topological polar surface area (TPSA) is 38.8 Å². The van der Waals surface area contributed by atoms with Gasteiger partial charge >= 0.3 is 0 Å². The zero-order valence-electron chi connectivity index (χ0n) is 17.2. The average Bonchev–Trinajstić information content (AvgIpc) is 3.24. The van der Waals surface area contributed by atoms with Gasteiger partial charge in [0.25, 0.3) is 0 Å². The second-order valence-corrected chi connectivity index (χ2v) is 8.22. The van der Waals surface area contributed by atoms with Crippen LogP contribution in [0.5, 0.6) is 11.5 Å². The van der Waals surface area contributed by atoms with E-state index in [0.717, 1.165) is 53.2 Å². The molecule has 1 fully saturated rings. The molecule has 3 rings (SSSR count). The third-order valence-corrected chi connectivity index (χ3v) is 6.48. The Hall–Kier alpha value is -2.14. The summed E-state index contributed by atoms with van der Waals surface area (Å²) in [5.74, 6) is 1.84. The van der Waals surface area contributed by atoms with E-state index in [4.69, 9.17) is 9.47 Å². The van der Waals surface area contributed by atoms with E-state index in [0.29, 0.717) is 6.54 Å². The van der Waals surface area contributed by atoms with Crippen molar-refractivity contribution >= 4 is 17.7 Å². The standard InChI is InChI=1S/C23H29NO3S/c1-24(16-17-10-11-21(28-4)20(14-17)27-3)22(25)23(12-5-6-13-23)18-8-7-9-19(15-18)26-2/h7-11,14-15H,5-6,12-13,16H2,1-4H3. The molecule has 1 amide bonds. The molecule has 1 aliphatic rings. The summed E-state index contributed by atoms with van der Waals surface area (Å²) in [6.07, 6.45) is 5.96. The van der Waals surface area contributed by atoms with Gasteiger partial charge in [0.05, 0.1) is 19.6 Å². The predicted octanol–water partition coefficient (Wildman–Crippen LogP) is 4.90. The van der Waals surface area contributed by atoms with Gasteiger partial charge in [-0.1, -0.05) is 31.0 Å². The zero-order chi connectivity index (χ0) is 20.1. The highest BCUT2D eigenvalue weighted by atomic mass is 32.2. The molecule has 2 aromatic carbocycles. The van der Waals surface area contributed by atoms with Crippen molar-refractivity contribution in [3.8, 4) is 11.5 Å². The van der Waals surface area contributed by atoms with Gasteiger partial charge in [-0.25, -0.2) is 0 Å². The molecule has 0 unspecified atom stereocenters. The molecule has 1 aliphatic carbocycles. The van der Waals surface area contributed by atoms with Crippen LogP contribution in [0, 0.1) is 0 Å². The van der Waals surface area contributed by atoms with Crippen molar-refractivity contribution in [1.29, 1.82) is 0 Å². The third kappa shape index (κ3) is 4.00. The lowest BCUT2D eigenvalue weighted by molar-refractivity contribution is -0.136. The Bertz CT molecular complexity index is 830. The lowest BCUT2D eigenvalue weighted by atomic mass is 9.77. The SMILES string of the molecule is COc1cccc(C2(C(=O)N(C)Cc3ccc(SC)c(OC)c3)CCCC2)c1. The Morgan fingerprint density at radius 2 is 1.86 bits per heavy atom. The molecule has 0 N–H and O–H groups in total. The lowest BCUT2D eigenvalue weighted by Crippen LogP contribution is -2.43. The molecule has 4 nitrogen and oxygen atoms in total. The van der Waals surface area contributed by atoms with Crippen LogP contribution < -0.4 is 9.47 Å². The first-order valence-electron chi connectivity index (χ1n) is 9.65. The maximum Gasteiger partial charge on any atom is 0.233 e. The first-order valence-corrected chi connectivity index (χ1v) is 10.9. The van der Waals surface area contributed by atoms with Crippen molar-refractivity contribution in [1.82, 2.24) is 4.90 Å². The first-order chi connectivity index (χ1) is 13.5. The number of hydrogen-bond donors (Lipinski definition) is 0. The van der Waals surface area contributed by atoms with Crippen molar-refractivity contribution in [2.75, 3.05) is 27.5 Å². The molecule has 0 spiro atoms. The average molecular weight is 400 g/mol. The molecular formula is C23H29NO3S. The van der Waals surface area contributed by atoms with Crippen LogP contribution >= 0.6 is 11.8 Å². The van der Waals surface area contributed by atoms with Gasteiger partial charge in [-0.05, 0) is 54.5 Å². The molecule has 2 aromatic rings. The highest BCUT2D eigenvalue weighted by Crippen LogP contribution is 2.43. The van der Waals surface area contributed by atoms with Crippen molar-refractivity contribution in [3.05, 3.63) is 53.6 Å². The van der Waals surface area contributed by atoms with Crippen molar-refractivity contribution in [3.63, 3.8) is 0 Å². The summed E-state index contributed by atoms with van der Waals surface area (Å²) in [4.78, 5) is 16.6. The monoisotopic (exact) mass is 399 g/mol. The number of likely N-dealkylation sites (N-methyl/N-ethyl adjacent to an activating group) is 1. The Morgan fingerprint density at radius 1 is 1.11 bits per heavy atom. The van der Waals surface area contributed by atoms with Crippen LogP contribution in [0.3, 0.4) is 0 Å². The van der Waals surface area contributed by atoms with Crippen LogP contribution in [0.15, 0.2) is 47.4 Å². The van der Waals surface area contributed by atoms with Gasteiger partial charge in [0.15, 0.2) is 0 Å². The minimum Gasteiger partial charge on any atom is -0.497 e. The Balaban J connectivity index is 1.85. The minimum absolute atomic E-state index is 0.186. The van der Waals surface area contributed by atoms with Crippen LogP contribution in [0.2, 0.25) is 0 Å². The number of thioether (sulfide) groups is 1. The first kappa shape index (κ1) is 20.6. The van der Waals surface area contributed by atoms with Gasteiger partial charge in [0.1, 0.15) is 11.5 Å². The predicted molar refractivity (Wildman–Crippen MR) is 114 cm³/mol. The van der Waals surface area contributed by atoms with Crippen LogP contribution in [-0.4, -0.2) is 38.3 Å². The number of rotatable bonds is 7. The molecular weight excluding hydrogens is 370 g/mol. The quantitative estimate of drug-likeness (QED) is 0.621. The van der Waals surface area contributed by atoms with Crippen molar-refractivity contribution < 1.29 is 14.3 Å². The molecule has 0 radical (unpaired) electrons. The van der Waals surface area contributed by atoms with Gasteiger partial charge in [-0.2, -0.15) is 0 Å². The maximum absolute atomic E-state index is 13.6. The minimum atomic E-state index is -0.452. The van der Waals surface area contributed by atoms with Gasteiger partial charge in [0, 0.05) is 18.5 Å². The zero-order valence-corrected chi connectivity index (χ0v) is 18.0. The molecule has 0 aromatic heterocycles. The molecule has 5 heteroatoms. The van der Waals surface area contributed by atoms with Gasteiger partial charge in [0.2, 0.25) is 5.91 Å². The number of carbonyl (C=O) groups is 1. The fourth-order valence-corrected chi connectivity index (χ4v) is 4.76. The number of nitrogens with zero attached hydrogens (tertiary/aromatic N) is 1. The summed E-state index contributed by atoms with van der Waals surface area (Å²) in [5, 5.41) is 0. The molecule has 0 saturated heterocycles. The molecule has 0 heterocycles. The summed E-state index contributed by atoms with van der Waals surface area (Å²) >= 11 is 1.66. The Kier molecular flexibility index (Phi) is 6.55. The molecule has 0 bridgehead atoms. The smallest absolute Gasteiger partial charge is 0.233 e. The lowest BCUT2D eigenvalue weighted by Gasteiger charge is -2.33. The summed E-state index contributed by atoms with van der Waals surface area (Å²) < 4.78 is 10.9. The van der Waals surface area contributed by atoms with Crippen LogP contribution in [0.1, 0.15) is 36.8 Å². The Morgan fingerprint density at radius 3 is 2.50 bits per heavy atom. The van der Waals surface area contributed by atoms with E-state index in [1.54, 1.807) is 26.0 Å². The highest BCUT2D eigenvalue weighted by molar-refractivity contribution is 7.98. The van der Waals surface area contributed by atoms with Crippen molar-refractivity contribution in [2.45, 2.75) is 42.5 Å². The van der Waals surface area contributed by atoms with Crippen molar-refractivity contribution in [2.24, 2.45) is 0 Å². The van der Waals surface area contributed by atoms with E-state index >= 15 is 0 Å². The normalized spacial score (nSPS) is 15.3. The summed E-state index contributed by atoms with van der Waals surface area (Å²) in [7, 11) is 5.25. The van der Waals surface area contributed by atoms with Crippen LogP contribution in [-0.2, 0) is 16.8 Å². The van der Waals surface area contributed by atoms with E-state index in [1.807, 2.05) is 42.5 Å². The fourth-order valence-electron chi connectivity index (χ4n) is 4.22. The van der Waals surface area contributed by atoms with Crippen LogP contribution in [0.4, 0.5) is 0 Å². The molecule has 28 heavy (non-hydrogen) atoms. The Labute approximate surface area is 172 Å². The fraction of sp³-hybridized carbons (Fsp3) is 0.435. The van der Waals surface area contributed by atoms with Gasteiger partial charge < -0.3 is 14.4 Å². The second kappa shape index (κ2) is 8.91. The third-order valence-electron chi connectivity index (χ3n) is 5.70. The highest BCUT2D eigenvalue weighted by Gasteiger charge is 2.44. The van der Waals surface area contributed by atoms with E-state index in [9.17, 15) is 4.79 Å². The van der Waals surface area contributed by atoms with E-state index in [1.165, 1.54) is 0 Å². The van der Waals surface area contributed by atoms with E-state index in [-0.39, 0.29) is 5.91 Å². The number of benzene rings is 2. The van der Waals surface area contributed by atoms with Gasteiger partial charge in [-0.15, -0.1) is 11.8 Å². The number of ether oxygens (including phenoxy) is 2. The number of hydrogen-bond acceptors (Lipinski definition) is 4. The molecule has 150 valence electrons. The van der Waals surface area contributed by atoms with E-state index in [2.05, 4.69) is 18.2 Å². The van der Waals surface area contributed by atoms with Gasteiger partial charge in [-0.3, -0.25) is 4.79 Å². The second-order valence-electron chi connectivity index (χ2n) is 7.37. The largest absolute Gasteiger partial charge is 0.497 e. The number of carbonyl (C=O) groups excluding carboxylic acids is 1. The van der Waals surface area contributed by atoms with E-state index < -0.39 is 5.41 Å². The molecule has 0 aliphatic heterocycles. The summed E-state index contributed by atoms with van der Waals surface area (Å²) in [5.41, 5.74) is 1.69. The van der Waals surface area contributed by atoms with Crippen LogP contribution in [0.25, 0.3) is 0 Å². The number of methoxy groups -OCH3 is 2. The molecule has 1 saturated carbocycles. The summed E-state index contributed by atoms with van der Waals surface area (Å²) in [6, 6.07) is 14.2. The maximum atomic E-state index is 13.6. The molecule has 0 atom stereocenters. The summed E-state index contributed by atoms with van der Waals surface area (Å²) in [6.45, 7) is 0.565. The number of amides is 1.